The van der Waals surface area contributed by atoms with Crippen LogP contribution in [0.1, 0.15) is 22.5 Å². The lowest BCUT2D eigenvalue weighted by atomic mass is 10.1. The van der Waals surface area contributed by atoms with Crippen molar-refractivity contribution in [3.05, 3.63) is 89.6 Å². The maximum Gasteiger partial charge on any atom is 0.110 e. The Morgan fingerprint density at radius 1 is 1.08 bits per heavy atom. The van der Waals surface area contributed by atoms with Crippen molar-refractivity contribution in [2.75, 3.05) is 0 Å². The van der Waals surface area contributed by atoms with E-state index in [1.807, 2.05) is 30.5 Å². The van der Waals surface area contributed by atoms with E-state index in [4.69, 9.17) is 5.26 Å². The van der Waals surface area contributed by atoms with E-state index in [1.54, 1.807) is 6.20 Å². The first-order chi connectivity index (χ1) is 11.8. The van der Waals surface area contributed by atoms with E-state index >= 15 is 0 Å². The normalized spacial score (nSPS) is 10.8. The molecule has 0 atom stereocenters. The van der Waals surface area contributed by atoms with Crippen LogP contribution in [0.15, 0.2) is 67.1 Å². The number of hydrogen-bond donors (Lipinski definition) is 1. The zero-order valence-corrected chi connectivity index (χ0v) is 13.1. The van der Waals surface area contributed by atoms with E-state index in [0.29, 0.717) is 5.56 Å². The van der Waals surface area contributed by atoms with Gasteiger partial charge >= 0.3 is 0 Å². The van der Waals surface area contributed by atoms with E-state index in [1.165, 1.54) is 22.0 Å². The molecule has 0 amide bonds. The molecule has 2 aromatic carbocycles. The van der Waals surface area contributed by atoms with Crippen LogP contribution in [0.5, 0.6) is 0 Å². The maximum absolute atomic E-state index is 8.92. The van der Waals surface area contributed by atoms with Gasteiger partial charge in [0.25, 0.3) is 0 Å². The molecule has 0 fully saturated rings. The minimum absolute atomic E-state index is 0.689. The lowest BCUT2D eigenvalue weighted by Gasteiger charge is -2.05. The second-order valence-corrected chi connectivity index (χ2v) is 5.82. The number of nitriles is 1. The highest BCUT2D eigenvalue weighted by Gasteiger charge is 2.10. The predicted molar refractivity (Wildman–Crippen MR) is 93.6 cm³/mol. The number of nitrogens with zero attached hydrogens (tertiary/aromatic N) is 3. The molecule has 0 radical (unpaired) electrons. The van der Waals surface area contributed by atoms with Crippen molar-refractivity contribution in [1.29, 1.82) is 5.26 Å². The van der Waals surface area contributed by atoms with Crippen molar-refractivity contribution >= 4 is 10.9 Å². The number of aromatic nitrogens is 3. The molecule has 24 heavy (non-hydrogen) atoms. The highest BCUT2D eigenvalue weighted by molar-refractivity contribution is 5.84. The van der Waals surface area contributed by atoms with Crippen LogP contribution in [-0.2, 0) is 13.0 Å². The third kappa shape index (κ3) is 2.68. The fraction of sp³-hybridized carbons (Fsp3) is 0.100. The van der Waals surface area contributed by atoms with E-state index in [9.17, 15) is 0 Å². The number of rotatable bonds is 4. The molecule has 0 saturated heterocycles. The van der Waals surface area contributed by atoms with Gasteiger partial charge in [-0.3, -0.25) is 0 Å². The first kappa shape index (κ1) is 14.3. The van der Waals surface area contributed by atoms with E-state index in [0.717, 1.165) is 18.8 Å². The molecule has 0 bridgehead atoms. The molecule has 0 aliphatic heterocycles. The van der Waals surface area contributed by atoms with Gasteiger partial charge in [0.05, 0.1) is 11.6 Å². The number of fused-ring (bicyclic) bond motifs is 1. The average molecular weight is 312 g/mol. The van der Waals surface area contributed by atoms with Gasteiger partial charge in [0.1, 0.15) is 5.82 Å². The third-order valence-corrected chi connectivity index (χ3v) is 4.22. The predicted octanol–water partition coefficient (Wildman–Crippen LogP) is 3.88. The molecule has 0 aliphatic carbocycles. The van der Waals surface area contributed by atoms with E-state index in [2.05, 4.69) is 51.1 Å². The number of imidazole rings is 1. The van der Waals surface area contributed by atoms with E-state index in [-0.39, 0.29) is 0 Å². The summed E-state index contributed by atoms with van der Waals surface area (Å²) in [6, 6.07) is 18.4. The van der Waals surface area contributed by atoms with Crippen LogP contribution in [0, 0.1) is 11.3 Å². The van der Waals surface area contributed by atoms with Crippen molar-refractivity contribution in [3.8, 4) is 6.07 Å². The molecule has 0 spiro atoms. The van der Waals surface area contributed by atoms with Crippen LogP contribution in [0.4, 0.5) is 0 Å². The van der Waals surface area contributed by atoms with Crippen LogP contribution < -0.4 is 0 Å². The summed E-state index contributed by atoms with van der Waals surface area (Å²) in [4.78, 5) is 7.51. The van der Waals surface area contributed by atoms with E-state index < -0.39 is 0 Å². The number of para-hydroxylation sites is 1. The molecule has 4 heteroatoms. The largest absolute Gasteiger partial charge is 0.348 e. The smallest absolute Gasteiger partial charge is 0.110 e. The van der Waals surface area contributed by atoms with Crippen LogP contribution in [-0.4, -0.2) is 14.5 Å². The van der Waals surface area contributed by atoms with Crippen LogP contribution >= 0.6 is 0 Å². The molecule has 4 rings (SSSR count). The molecule has 0 unspecified atom stereocenters. The van der Waals surface area contributed by atoms with Crippen molar-refractivity contribution in [2.45, 2.75) is 13.0 Å². The molecule has 116 valence electrons. The lowest BCUT2D eigenvalue weighted by Crippen LogP contribution is -1.98. The number of benzene rings is 2. The van der Waals surface area contributed by atoms with Crippen LogP contribution in [0.3, 0.4) is 0 Å². The van der Waals surface area contributed by atoms with Gasteiger partial charge in [-0.15, -0.1) is 0 Å². The minimum atomic E-state index is 0.689. The summed E-state index contributed by atoms with van der Waals surface area (Å²) in [5.41, 5.74) is 4.34. The number of hydrogen-bond acceptors (Lipinski definition) is 2. The van der Waals surface area contributed by atoms with Crippen molar-refractivity contribution in [1.82, 2.24) is 14.5 Å². The van der Waals surface area contributed by atoms with Crippen molar-refractivity contribution in [3.63, 3.8) is 0 Å². The van der Waals surface area contributed by atoms with Gasteiger partial charge in [-0.1, -0.05) is 30.3 Å². The van der Waals surface area contributed by atoms with Gasteiger partial charge in [0, 0.05) is 42.5 Å². The molecular formula is C20H16N4. The molecule has 4 nitrogen and oxygen atoms in total. The Labute approximate surface area is 140 Å². The van der Waals surface area contributed by atoms with Gasteiger partial charge in [-0.25, -0.2) is 4.98 Å². The summed E-state index contributed by atoms with van der Waals surface area (Å²) < 4.78 is 2.26. The molecule has 2 aromatic heterocycles. The standard InChI is InChI=1S/C20H16N4/c21-12-15-5-7-16(8-6-15)13-24-14-17(11-20-22-9-10-23-20)18-3-1-2-4-19(18)24/h1-10,14H,11,13H2,(H,22,23). The average Bonchev–Trinajstić information content (AvgIpc) is 3.25. The Kier molecular flexibility index (Phi) is 3.60. The summed E-state index contributed by atoms with van der Waals surface area (Å²) in [6.07, 6.45) is 6.62. The second-order valence-electron chi connectivity index (χ2n) is 5.82. The molecule has 1 N–H and O–H groups in total. The topological polar surface area (TPSA) is 57.4 Å². The third-order valence-electron chi connectivity index (χ3n) is 4.22. The van der Waals surface area contributed by atoms with Gasteiger partial charge in [-0.2, -0.15) is 5.26 Å². The summed E-state index contributed by atoms with van der Waals surface area (Å²) >= 11 is 0. The Bertz CT molecular complexity index is 1000. The molecule has 0 saturated carbocycles. The summed E-state index contributed by atoms with van der Waals surface area (Å²) in [5, 5.41) is 10.2. The fourth-order valence-corrected chi connectivity index (χ4v) is 3.05. The first-order valence-corrected chi connectivity index (χ1v) is 7.87. The molecule has 4 aromatic rings. The monoisotopic (exact) mass is 312 g/mol. The quantitative estimate of drug-likeness (QED) is 0.622. The Hall–Kier alpha value is -3.32. The van der Waals surface area contributed by atoms with Crippen molar-refractivity contribution in [2.24, 2.45) is 0 Å². The van der Waals surface area contributed by atoms with Crippen LogP contribution in [0.2, 0.25) is 0 Å². The van der Waals surface area contributed by atoms with Gasteiger partial charge < -0.3 is 9.55 Å². The summed E-state index contributed by atoms with van der Waals surface area (Å²) in [7, 11) is 0. The SMILES string of the molecule is N#Cc1ccc(Cn2cc(Cc3ncc[nH]3)c3ccccc32)cc1. The minimum Gasteiger partial charge on any atom is -0.348 e. The molecular weight excluding hydrogens is 296 g/mol. The zero-order valence-electron chi connectivity index (χ0n) is 13.1. The van der Waals surface area contributed by atoms with Gasteiger partial charge in [0.2, 0.25) is 0 Å². The maximum atomic E-state index is 8.92. The zero-order chi connectivity index (χ0) is 16.4. The Morgan fingerprint density at radius 3 is 2.67 bits per heavy atom. The fourth-order valence-electron chi connectivity index (χ4n) is 3.05. The number of aromatic amines is 1. The molecule has 2 heterocycles. The Balaban J connectivity index is 1.71. The highest BCUT2D eigenvalue weighted by Crippen LogP contribution is 2.24. The number of nitrogens with one attached hydrogen (secondary N) is 1. The first-order valence-electron chi connectivity index (χ1n) is 7.87. The number of H-pyrrole nitrogens is 1. The molecule has 0 aliphatic rings. The van der Waals surface area contributed by atoms with Crippen LogP contribution in [0.25, 0.3) is 10.9 Å². The summed E-state index contributed by atoms with van der Waals surface area (Å²) in [5.74, 6) is 0.969. The highest BCUT2D eigenvalue weighted by atomic mass is 15.0. The second kappa shape index (κ2) is 6.05. The summed E-state index contributed by atoms with van der Waals surface area (Å²) in [6.45, 7) is 0.782. The van der Waals surface area contributed by atoms with Crippen molar-refractivity contribution < 1.29 is 0 Å². The Morgan fingerprint density at radius 2 is 1.92 bits per heavy atom. The van der Waals surface area contributed by atoms with Gasteiger partial charge in [-0.05, 0) is 29.3 Å². The van der Waals surface area contributed by atoms with Gasteiger partial charge in [0.15, 0.2) is 0 Å². The lowest BCUT2D eigenvalue weighted by molar-refractivity contribution is 0.830.